The number of hydrogen-bond acceptors (Lipinski definition) is 0. The molecule has 25 heavy (non-hydrogen) atoms. The quantitative estimate of drug-likeness (QED) is 0.392. The Bertz CT molecular complexity index is 654. The lowest BCUT2D eigenvalue weighted by Gasteiger charge is -2.25. The van der Waals surface area contributed by atoms with Gasteiger partial charge in [0.1, 0.15) is 0 Å². The van der Waals surface area contributed by atoms with Crippen LogP contribution in [0, 0.1) is 10.8 Å². The predicted molar refractivity (Wildman–Crippen MR) is 115 cm³/mol. The molecule has 0 amide bonds. The molecule has 0 nitrogen and oxygen atoms in total. The molecule has 0 spiro atoms. The molecule has 0 aliphatic heterocycles. The van der Waals surface area contributed by atoms with Crippen molar-refractivity contribution in [1.29, 1.82) is 0 Å². The standard InChI is InChI=1S/C25H38/c1-11-22(25(9,10)14-4)17-20-16-21(23(12-2)19(20)6)15-18(5)24(7,8)13-3/h11-12,15,17H,1-2,13-14,16H2,3-10H3/b18-15+,22-17+. The van der Waals surface area contributed by atoms with Gasteiger partial charge in [-0.25, -0.2) is 0 Å². The third-order valence-corrected chi connectivity index (χ3v) is 6.37. The van der Waals surface area contributed by atoms with Gasteiger partial charge in [0.25, 0.3) is 0 Å². The molecule has 0 unspecified atom stereocenters. The summed E-state index contributed by atoms with van der Waals surface area (Å²) in [6, 6.07) is 0. The molecular weight excluding hydrogens is 300 g/mol. The Kier molecular flexibility index (Phi) is 7.06. The van der Waals surface area contributed by atoms with E-state index in [0.717, 1.165) is 19.3 Å². The molecule has 0 aromatic heterocycles. The second kappa shape index (κ2) is 8.21. The lowest BCUT2D eigenvalue weighted by molar-refractivity contribution is 0.429. The highest BCUT2D eigenvalue weighted by atomic mass is 14.3. The average molecular weight is 339 g/mol. The van der Waals surface area contributed by atoms with E-state index in [4.69, 9.17) is 0 Å². The summed E-state index contributed by atoms with van der Waals surface area (Å²) in [5, 5.41) is 0. The van der Waals surface area contributed by atoms with Crippen LogP contribution in [0.15, 0.2) is 70.9 Å². The van der Waals surface area contributed by atoms with Crippen molar-refractivity contribution in [2.75, 3.05) is 0 Å². The van der Waals surface area contributed by atoms with Gasteiger partial charge in [-0.2, -0.15) is 0 Å². The summed E-state index contributed by atoms with van der Waals surface area (Å²) in [4.78, 5) is 0. The van der Waals surface area contributed by atoms with Crippen LogP contribution in [-0.4, -0.2) is 0 Å². The summed E-state index contributed by atoms with van der Waals surface area (Å²) in [6.45, 7) is 26.3. The van der Waals surface area contributed by atoms with Crippen molar-refractivity contribution in [3.63, 3.8) is 0 Å². The normalized spacial score (nSPS) is 17.4. The number of hydrogen-bond donors (Lipinski definition) is 0. The van der Waals surface area contributed by atoms with E-state index in [1.54, 1.807) is 0 Å². The smallest absolute Gasteiger partial charge is 0.00168 e. The van der Waals surface area contributed by atoms with Crippen molar-refractivity contribution in [2.24, 2.45) is 10.8 Å². The number of allylic oxidation sites excluding steroid dienone is 10. The van der Waals surface area contributed by atoms with Gasteiger partial charge in [0, 0.05) is 0 Å². The maximum absolute atomic E-state index is 4.07. The van der Waals surface area contributed by atoms with Crippen molar-refractivity contribution in [2.45, 2.75) is 74.7 Å². The van der Waals surface area contributed by atoms with Gasteiger partial charge in [-0.1, -0.05) is 84.6 Å². The van der Waals surface area contributed by atoms with Crippen molar-refractivity contribution in [1.82, 2.24) is 0 Å². The highest BCUT2D eigenvalue weighted by Crippen LogP contribution is 2.40. The first-order valence-corrected chi connectivity index (χ1v) is 9.63. The summed E-state index contributed by atoms with van der Waals surface area (Å²) in [6.07, 6.45) is 12.0. The molecule has 138 valence electrons. The van der Waals surface area contributed by atoms with Crippen molar-refractivity contribution in [3.05, 3.63) is 70.9 Å². The molecule has 0 N–H and O–H groups in total. The minimum absolute atomic E-state index is 0.155. The first kappa shape index (κ1) is 21.5. The fraction of sp³-hybridized carbons (Fsp3) is 0.520. The third-order valence-electron chi connectivity index (χ3n) is 6.37. The molecule has 0 saturated carbocycles. The topological polar surface area (TPSA) is 0 Å². The Balaban J connectivity index is 3.29. The predicted octanol–water partition coefficient (Wildman–Crippen LogP) is 8.12. The van der Waals surface area contributed by atoms with Gasteiger partial charge >= 0.3 is 0 Å². The molecule has 0 aromatic rings. The van der Waals surface area contributed by atoms with Crippen LogP contribution < -0.4 is 0 Å². The van der Waals surface area contributed by atoms with E-state index in [1.807, 2.05) is 12.2 Å². The van der Waals surface area contributed by atoms with Gasteiger partial charge in [-0.05, 0) is 71.8 Å². The number of rotatable bonds is 8. The molecule has 0 radical (unpaired) electrons. The fourth-order valence-corrected chi connectivity index (χ4v) is 3.08. The molecular formula is C25H38. The Labute approximate surface area is 156 Å². The van der Waals surface area contributed by atoms with Gasteiger partial charge < -0.3 is 0 Å². The maximum Gasteiger partial charge on any atom is -0.00168 e. The molecule has 0 fully saturated rings. The lowest BCUT2D eigenvalue weighted by Crippen LogP contribution is -2.12. The molecule has 0 bridgehead atoms. The first-order chi connectivity index (χ1) is 11.5. The van der Waals surface area contributed by atoms with Gasteiger partial charge in [-0.15, -0.1) is 0 Å². The van der Waals surface area contributed by atoms with Crippen LogP contribution in [0.3, 0.4) is 0 Å². The Morgan fingerprint density at radius 2 is 1.52 bits per heavy atom. The molecule has 0 atom stereocenters. The summed E-state index contributed by atoms with van der Waals surface area (Å²) in [5.74, 6) is 0. The van der Waals surface area contributed by atoms with E-state index in [1.165, 1.54) is 33.4 Å². The SMILES string of the molecule is C=CC1=C(/C=C(\C)C(C)(C)CC)CC(/C=C(\C=C)C(C)(C)CC)=C1C. The summed E-state index contributed by atoms with van der Waals surface area (Å²) < 4.78 is 0. The fourth-order valence-electron chi connectivity index (χ4n) is 3.08. The zero-order chi connectivity index (χ0) is 19.4. The monoisotopic (exact) mass is 338 g/mol. The van der Waals surface area contributed by atoms with E-state index >= 15 is 0 Å². The average Bonchev–Trinajstić information content (AvgIpc) is 2.86. The van der Waals surface area contributed by atoms with Gasteiger partial charge in [-0.3, -0.25) is 0 Å². The van der Waals surface area contributed by atoms with E-state index < -0.39 is 0 Å². The Morgan fingerprint density at radius 3 is 1.96 bits per heavy atom. The summed E-state index contributed by atoms with van der Waals surface area (Å²) in [5.41, 5.74) is 8.62. The van der Waals surface area contributed by atoms with Crippen LogP contribution in [0.1, 0.15) is 74.7 Å². The lowest BCUT2D eigenvalue weighted by atomic mass is 9.80. The molecule has 0 heterocycles. The van der Waals surface area contributed by atoms with Crippen LogP contribution in [-0.2, 0) is 0 Å². The van der Waals surface area contributed by atoms with E-state index in [0.29, 0.717) is 0 Å². The zero-order valence-electron chi connectivity index (χ0n) is 17.8. The van der Waals surface area contributed by atoms with Crippen LogP contribution in [0.25, 0.3) is 0 Å². The molecule has 0 saturated heterocycles. The van der Waals surface area contributed by atoms with Crippen LogP contribution >= 0.6 is 0 Å². The van der Waals surface area contributed by atoms with Gasteiger partial charge in [0.15, 0.2) is 0 Å². The summed E-state index contributed by atoms with van der Waals surface area (Å²) in [7, 11) is 0. The van der Waals surface area contributed by atoms with Gasteiger partial charge in [0.05, 0.1) is 0 Å². The van der Waals surface area contributed by atoms with Gasteiger partial charge in [0.2, 0.25) is 0 Å². The van der Waals surface area contributed by atoms with Crippen molar-refractivity contribution < 1.29 is 0 Å². The first-order valence-electron chi connectivity index (χ1n) is 9.63. The zero-order valence-corrected chi connectivity index (χ0v) is 17.8. The van der Waals surface area contributed by atoms with Crippen molar-refractivity contribution >= 4 is 0 Å². The molecule has 1 aliphatic carbocycles. The van der Waals surface area contributed by atoms with E-state index in [9.17, 15) is 0 Å². The Hall–Kier alpha value is -1.56. The molecule has 0 aromatic carbocycles. The van der Waals surface area contributed by atoms with Crippen LogP contribution in [0.2, 0.25) is 0 Å². The molecule has 0 heteroatoms. The van der Waals surface area contributed by atoms with E-state index in [-0.39, 0.29) is 10.8 Å². The minimum Gasteiger partial charge on any atom is -0.0988 e. The summed E-state index contributed by atoms with van der Waals surface area (Å²) >= 11 is 0. The second-order valence-corrected chi connectivity index (χ2v) is 8.58. The molecule has 1 rings (SSSR count). The third kappa shape index (κ3) is 4.75. The maximum atomic E-state index is 4.07. The minimum atomic E-state index is 0.155. The largest absolute Gasteiger partial charge is 0.0988 e. The highest BCUT2D eigenvalue weighted by Gasteiger charge is 2.24. The highest BCUT2D eigenvalue weighted by molar-refractivity contribution is 5.59. The second-order valence-electron chi connectivity index (χ2n) is 8.58. The Morgan fingerprint density at radius 1 is 0.960 bits per heavy atom. The van der Waals surface area contributed by atoms with E-state index in [2.05, 4.69) is 80.7 Å². The van der Waals surface area contributed by atoms with Crippen molar-refractivity contribution in [3.8, 4) is 0 Å². The van der Waals surface area contributed by atoms with Crippen LogP contribution in [0.4, 0.5) is 0 Å². The van der Waals surface area contributed by atoms with Crippen LogP contribution in [0.5, 0.6) is 0 Å². The molecule has 1 aliphatic rings.